The Labute approximate surface area is 129 Å². The summed E-state index contributed by atoms with van der Waals surface area (Å²) in [6, 6.07) is 4.57. The third kappa shape index (κ3) is 2.34. The largest absolute Gasteiger partial charge is 0.388 e. The molecule has 1 aliphatic rings. The first-order valence-electron chi connectivity index (χ1n) is 6.98. The number of hydrogen-bond donors (Lipinski definition) is 2. The maximum absolute atomic E-state index is 11.6. The molecule has 118 valence electrons. The second-order valence-corrected chi connectivity index (χ2v) is 6.37. The van der Waals surface area contributed by atoms with Gasteiger partial charge in [-0.3, -0.25) is 19.8 Å². The standard InChI is InChI=1S/C16H20N2O4/c1-15(2)16(3,4)18(22)14(17-15)10-5-6-12(13(21)9-20)11(7-10)8-19/h5-8,20,22H,9H2,1-4H3. The van der Waals surface area contributed by atoms with Crippen molar-refractivity contribution in [2.75, 3.05) is 6.61 Å². The van der Waals surface area contributed by atoms with Crippen molar-refractivity contribution in [1.82, 2.24) is 5.06 Å². The van der Waals surface area contributed by atoms with E-state index in [0.717, 1.165) is 5.06 Å². The number of carbonyl (C=O) groups excluding carboxylic acids is 2. The number of benzene rings is 1. The SMILES string of the molecule is CC1(C)N=C(c2ccc(C(=O)CO)c(C=O)c2)N(O)C1(C)C. The van der Waals surface area contributed by atoms with Crippen LogP contribution in [0.15, 0.2) is 23.2 Å². The number of aliphatic imine (C=N–C) groups is 1. The summed E-state index contributed by atoms with van der Waals surface area (Å²) in [5, 5.41) is 20.4. The van der Waals surface area contributed by atoms with Crippen LogP contribution in [0.25, 0.3) is 0 Å². The van der Waals surface area contributed by atoms with E-state index in [1.54, 1.807) is 6.07 Å². The van der Waals surface area contributed by atoms with Crippen LogP contribution < -0.4 is 0 Å². The van der Waals surface area contributed by atoms with E-state index in [1.807, 2.05) is 27.7 Å². The van der Waals surface area contributed by atoms with Crippen LogP contribution in [0.4, 0.5) is 0 Å². The molecule has 0 radical (unpaired) electrons. The van der Waals surface area contributed by atoms with Crippen molar-refractivity contribution in [3.8, 4) is 0 Å². The van der Waals surface area contributed by atoms with Gasteiger partial charge >= 0.3 is 0 Å². The van der Waals surface area contributed by atoms with Crippen molar-refractivity contribution in [1.29, 1.82) is 0 Å². The first-order valence-corrected chi connectivity index (χ1v) is 6.98. The Morgan fingerprint density at radius 2 is 1.95 bits per heavy atom. The molecular formula is C16H20N2O4. The molecule has 0 spiro atoms. The van der Waals surface area contributed by atoms with E-state index in [0.29, 0.717) is 17.7 Å². The van der Waals surface area contributed by atoms with Crippen LogP contribution in [0.1, 0.15) is 54.0 Å². The highest BCUT2D eigenvalue weighted by Crippen LogP contribution is 2.37. The molecule has 6 heteroatoms. The molecule has 0 fully saturated rings. The van der Waals surface area contributed by atoms with Crippen LogP contribution in [0.2, 0.25) is 0 Å². The minimum Gasteiger partial charge on any atom is -0.388 e. The van der Waals surface area contributed by atoms with E-state index < -0.39 is 23.5 Å². The average Bonchev–Trinajstić information content (AvgIpc) is 2.65. The fourth-order valence-electron chi connectivity index (χ4n) is 2.30. The predicted octanol–water partition coefficient (Wildman–Crippen LogP) is 1.68. The zero-order valence-corrected chi connectivity index (χ0v) is 13.1. The summed E-state index contributed by atoms with van der Waals surface area (Å²) in [5.74, 6) is -0.176. The second kappa shape index (κ2) is 5.30. The Hall–Kier alpha value is -2.05. The third-order valence-corrected chi connectivity index (χ3v) is 4.49. The number of hydroxylamine groups is 2. The molecule has 1 heterocycles. The van der Waals surface area contributed by atoms with Crippen LogP contribution >= 0.6 is 0 Å². The van der Waals surface area contributed by atoms with Crippen molar-refractivity contribution >= 4 is 17.9 Å². The molecular weight excluding hydrogens is 284 g/mol. The van der Waals surface area contributed by atoms with Crippen molar-refractivity contribution in [2.45, 2.75) is 38.8 Å². The monoisotopic (exact) mass is 304 g/mol. The summed E-state index contributed by atoms with van der Waals surface area (Å²) >= 11 is 0. The number of rotatable bonds is 4. The maximum atomic E-state index is 11.6. The Morgan fingerprint density at radius 1 is 1.32 bits per heavy atom. The summed E-state index contributed by atoms with van der Waals surface area (Å²) in [5.41, 5.74) is -0.267. The van der Waals surface area contributed by atoms with Crippen molar-refractivity contribution in [3.05, 3.63) is 34.9 Å². The van der Waals surface area contributed by atoms with Gasteiger partial charge in [0, 0.05) is 16.7 Å². The minimum absolute atomic E-state index is 0.155. The number of Topliss-reactive ketones (excluding diaryl/α,β-unsaturated/α-hetero) is 1. The number of ketones is 1. The number of carbonyl (C=O) groups is 2. The molecule has 0 aromatic heterocycles. The van der Waals surface area contributed by atoms with Crippen LogP contribution in [0, 0.1) is 0 Å². The summed E-state index contributed by atoms with van der Waals surface area (Å²) in [7, 11) is 0. The normalized spacial score (nSPS) is 19.0. The molecule has 0 aliphatic carbocycles. The first kappa shape index (κ1) is 16.3. The van der Waals surface area contributed by atoms with Crippen molar-refractivity contribution in [3.63, 3.8) is 0 Å². The zero-order valence-electron chi connectivity index (χ0n) is 13.1. The lowest BCUT2D eigenvalue weighted by Crippen LogP contribution is -2.51. The second-order valence-electron chi connectivity index (χ2n) is 6.37. The number of hydrogen-bond acceptors (Lipinski definition) is 6. The number of aliphatic hydroxyl groups is 1. The lowest BCUT2D eigenvalue weighted by molar-refractivity contribution is -0.0992. The van der Waals surface area contributed by atoms with E-state index in [9.17, 15) is 14.8 Å². The fraction of sp³-hybridized carbons (Fsp3) is 0.438. The third-order valence-electron chi connectivity index (χ3n) is 4.49. The summed E-state index contributed by atoms with van der Waals surface area (Å²) in [6.45, 7) is 6.90. The quantitative estimate of drug-likeness (QED) is 0.652. The maximum Gasteiger partial charge on any atom is 0.188 e. The molecule has 0 amide bonds. The van der Waals surface area contributed by atoms with Gasteiger partial charge in [0.25, 0.3) is 0 Å². The molecule has 1 aromatic carbocycles. The summed E-state index contributed by atoms with van der Waals surface area (Å²) in [6.07, 6.45) is 0.555. The van der Waals surface area contributed by atoms with Gasteiger partial charge in [0.05, 0.1) is 11.1 Å². The molecule has 0 atom stereocenters. The van der Waals surface area contributed by atoms with Gasteiger partial charge in [0.15, 0.2) is 17.9 Å². The van der Waals surface area contributed by atoms with E-state index >= 15 is 0 Å². The average molecular weight is 304 g/mol. The predicted molar refractivity (Wildman–Crippen MR) is 81.6 cm³/mol. The first-order chi connectivity index (χ1) is 10.2. The Kier molecular flexibility index (Phi) is 3.93. The topological polar surface area (TPSA) is 90.2 Å². The van der Waals surface area contributed by atoms with E-state index in [4.69, 9.17) is 5.11 Å². The highest BCUT2D eigenvalue weighted by molar-refractivity contribution is 6.06. The lowest BCUT2D eigenvalue weighted by atomic mass is 9.84. The van der Waals surface area contributed by atoms with E-state index in [-0.39, 0.29) is 11.1 Å². The van der Waals surface area contributed by atoms with Crippen LogP contribution in [0.5, 0.6) is 0 Å². The number of aldehydes is 1. The molecule has 2 rings (SSSR count). The Bertz CT molecular complexity index is 662. The van der Waals surface area contributed by atoms with Gasteiger partial charge in [-0.25, -0.2) is 5.06 Å². The molecule has 1 aromatic rings. The number of nitrogens with zero attached hydrogens (tertiary/aromatic N) is 2. The molecule has 22 heavy (non-hydrogen) atoms. The van der Waals surface area contributed by atoms with Crippen molar-refractivity contribution in [2.24, 2.45) is 4.99 Å². The van der Waals surface area contributed by atoms with Gasteiger partial charge in [-0.1, -0.05) is 6.07 Å². The van der Waals surface area contributed by atoms with Gasteiger partial charge in [-0.2, -0.15) is 0 Å². The lowest BCUT2D eigenvalue weighted by Gasteiger charge is -2.36. The molecule has 0 saturated carbocycles. The highest BCUT2D eigenvalue weighted by Gasteiger charge is 2.49. The molecule has 0 bridgehead atoms. The van der Waals surface area contributed by atoms with Crippen LogP contribution in [-0.4, -0.2) is 51.0 Å². The smallest absolute Gasteiger partial charge is 0.188 e. The highest BCUT2D eigenvalue weighted by atomic mass is 16.5. The Morgan fingerprint density at radius 3 is 2.41 bits per heavy atom. The molecule has 0 saturated heterocycles. The number of aliphatic hydroxyl groups excluding tert-OH is 1. The van der Waals surface area contributed by atoms with E-state index in [2.05, 4.69) is 4.99 Å². The number of amidine groups is 1. The van der Waals surface area contributed by atoms with Gasteiger partial charge in [0.1, 0.15) is 6.61 Å². The minimum atomic E-state index is -0.659. The zero-order chi connectivity index (χ0) is 16.7. The van der Waals surface area contributed by atoms with E-state index in [1.165, 1.54) is 12.1 Å². The van der Waals surface area contributed by atoms with Gasteiger partial charge < -0.3 is 5.11 Å². The van der Waals surface area contributed by atoms with Crippen molar-refractivity contribution < 1.29 is 19.9 Å². The molecule has 6 nitrogen and oxygen atoms in total. The van der Waals surface area contributed by atoms with Gasteiger partial charge in [-0.15, -0.1) is 0 Å². The Balaban J connectivity index is 2.52. The van der Waals surface area contributed by atoms with Gasteiger partial charge in [-0.05, 0) is 39.8 Å². The molecule has 0 unspecified atom stereocenters. The fourth-order valence-corrected chi connectivity index (χ4v) is 2.30. The summed E-state index contributed by atoms with van der Waals surface area (Å²) in [4.78, 5) is 27.3. The van der Waals surface area contributed by atoms with Crippen LogP contribution in [0.3, 0.4) is 0 Å². The molecule has 1 aliphatic heterocycles. The van der Waals surface area contributed by atoms with Crippen LogP contribution in [-0.2, 0) is 0 Å². The summed E-state index contributed by atoms with van der Waals surface area (Å²) < 4.78 is 0. The van der Waals surface area contributed by atoms with Gasteiger partial charge in [0.2, 0.25) is 0 Å². The molecule has 2 N–H and O–H groups in total.